The van der Waals surface area contributed by atoms with E-state index in [1.807, 2.05) is 26.1 Å². The molecule has 39 heavy (non-hydrogen) atoms. The summed E-state index contributed by atoms with van der Waals surface area (Å²) in [6.45, 7) is 3.31. The van der Waals surface area contributed by atoms with Gasteiger partial charge in [-0.05, 0) is 55.7 Å². The first-order valence-corrected chi connectivity index (χ1v) is 12.2. The third-order valence-corrected chi connectivity index (χ3v) is 6.51. The molecule has 13 heteroatoms. The minimum atomic E-state index is -0.825. The summed E-state index contributed by atoms with van der Waals surface area (Å²) in [6.07, 6.45) is 1.68. The summed E-state index contributed by atoms with van der Waals surface area (Å²) in [5.74, 6) is -0.355. The molecule has 0 bridgehead atoms. The number of rotatable bonds is 8. The van der Waals surface area contributed by atoms with Crippen molar-refractivity contribution in [2.75, 3.05) is 36.5 Å². The van der Waals surface area contributed by atoms with Crippen molar-refractivity contribution in [2.45, 2.75) is 19.8 Å². The van der Waals surface area contributed by atoms with Crippen molar-refractivity contribution in [3.63, 3.8) is 0 Å². The van der Waals surface area contributed by atoms with Gasteiger partial charge < -0.3 is 16.4 Å². The lowest BCUT2D eigenvalue weighted by Gasteiger charge is -2.21. The molecule has 0 saturated carbocycles. The van der Waals surface area contributed by atoms with Crippen LogP contribution in [0.1, 0.15) is 39.1 Å². The minimum Gasteiger partial charge on any atom is -0.399 e. The van der Waals surface area contributed by atoms with Crippen LogP contribution in [0.5, 0.6) is 0 Å². The summed E-state index contributed by atoms with van der Waals surface area (Å²) in [5, 5.41) is 20.5. The molecule has 204 valence electrons. The Morgan fingerprint density at radius 3 is 2.08 bits per heavy atom. The van der Waals surface area contributed by atoms with Crippen molar-refractivity contribution in [3.8, 4) is 0 Å². The number of benzene rings is 3. The van der Waals surface area contributed by atoms with Gasteiger partial charge in [-0.1, -0.05) is 23.7 Å². The third-order valence-electron chi connectivity index (χ3n) is 6.20. The number of aryl methyl sites for hydroxylation is 1. The van der Waals surface area contributed by atoms with E-state index in [1.165, 1.54) is 4.90 Å². The average Bonchev–Trinajstić information content (AvgIpc) is 3.14. The van der Waals surface area contributed by atoms with E-state index in [0.717, 1.165) is 48.5 Å². The maximum atomic E-state index is 12.3. The predicted molar refractivity (Wildman–Crippen MR) is 149 cm³/mol. The summed E-state index contributed by atoms with van der Waals surface area (Å²) in [4.78, 5) is 47.2. The van der Waals surface area contributed by atoms with Crippen LogP contribution in [0.15, 0.2) is 54.6 Å². The Hall–Kier alpha value is -4.71. The van der Waals surface area contributed by atoms with E-state index in [9.17, 15) is 29.8 Å². The number of amides is 2. The monoisotopic (exact) mass is 554 g/mol. The van der Waals surface area contributed by atoms with Gasteiger partial charge in [-0.2, -0.15) is 0 Å². The Morgan fingerprint density at radius 2 is 1.54 bits per heavy atom. The molecule has 0 radical (unpaired) electrons. The number of nitrogens with zero attached hydrogens (tertiary/aromatic N) is 4. The summed E-state index contributed by atoms with van der Waals surface area (Å²) >= 11 is 5.47. The van der Waals surface area contributed by atoms with Crippen LogP contribution < -0.4 is 16.4 Å². The highest BCUT2D eigenvalue weighted by molar-refractivity contribution is 6.33. The van der Waals surface area contributed by atoms with Gasteiger partial charge in [0.1, 0.15) is 5.69 Å². The van der Waals surface area contributed by atoms with Crippen LogP contribution >= 0.6 is 11.6 Å². The number of carbonyl (C=O) groups excluding carboxylic acids is 2. The van der Waals surface area contributed by atoms with Gasteiger partial charge in [-0.25, -0.2) is 0 Å². The number of imide groups is 1. The molecule has 4 N–H and O–H groups in total. The lowest BCUT2D eigenvalue weighted by molar-refractivity contribution is -0.393. The number of hydrogen-bond acceptors (Lipinski definition) is 9. The van der Waals surface area contributed by atoms with Gasteiger partial charge in [-0.15, -0.1) is 0 Å². The number of nitro groups is 2. The maximum absolute atomic E-state index is 12.3. The third kappa shape index (κ3) is 6.60. The van der Waals surface area contributed by atoms with Crippen LogP contribution in [-0.4, -0.2) is 46.7 Å². The fraction of sp³-hybridized carbons (Fsp3) is 0.231. The minimum absolute atomic E-state index is 0.178. The second-order valence-corrected chi connectivity index (χ2v) is 9.26. The summed E-state index contributed by atoms with van der Waals surface area (Å²) in [7, 11) is 2.03. The first-order chi connectivity index (χ1) is 18.4. The van der Waals surface area contributed by atoms with Crippen molar-refractivity contribution in [1.82, 2.24) is 4.90 Å². The zero-order valence-electron chi connectivity index (χ0n) is 21.3. The van der Waals surface area contributed by atoms with Crippen LogP contribution in [0, 0.1) is 27.2 Å². The van der Waals surface area contributed by atoms with Crippen LogP contribution in [0.3, 0.4) is 0 Å². The summed E-state index contributed by atoms with van der Waals surface area (Å²) < 4.78 is 0. The molecule has 3 aromatic carbocycles. The second-order valence-electron chi connectivity index (χ2n) is 8.85. The van der Waals surface area contributed by atoms with Crippen molar-refractivity contribution in [2.24, 2.45) is 0 Å². The zero-order valence-corrected chi connectivity index (χ0v) is 22.1. The molecule has 0 saturated heterocycles. The average molecular weight is 555 g/mol. The number of carbonyl (C=O) groups is 2. The Bertz CT molecular complexity index is 1410. The van der Waals surface area contributed by atoms with Crippen LogP contribution in [0.25, 0.3) is 0 Å². The van der Waals surface area contributed by atoms with Gasteiger partial charge in [0.2, 0.25) is 0 Å². The van der Waals surface area contributed by atoms with Gasteiger partial charge in [-0.3, -0.25) is 34.7 Å². The smallest absolute Gasteiger partial charge is 0.300 e. The Labute approximate surface area is 229 Å². The van der Waals surface area contributed by atoms with Gasteiger partial charge in [0.05, 0.1) is 32.1 Å². The Kier molecular flexibility index (Phi) is 9.04. The number of nitrogen functional groups attached to an aromatic ring is 2. The van der Waals surface area contributed by atoms with Crippen molar-refractivity contribution in [3.05, 3.63) is 96.5 Å². The molecule has 12 nitrogen and oxygen atoms in total. The first-order valence-electron chi connectivity index (χ1n) is 11.8. The number of anilines is 3. The molecule has 0 spiro atoms. The summed E-state index contributed by atoms with van der Waals surface area (Å²) in [5.41, 5.74) is 13.8. The molecule has 0 atom stereocenters. The molecule has 2 amide bonds. The lowest BCUT2D eigenvalue weighted by Crippen LogP contribution is -2.31. The molecule has 1 heterocycles. The van der Waals surface area contributed by atoms with E-state index in [4.69, 9.17) is 23.1 Å². The van der Waals surface area contributed by atoms with Crippen LogP contribution in [-0.2, 0) is 0 Å². The number of unbranched alkanes of at least 4 members (excludes halogenated alkanes) is 1. The van der Waals surface area contributed by atoms with E-state index in [0.29, 0.717) is 17.7 Å². The molecule has 3 aromatic rings. The zero-order chi connectivity index (χ0) is 28.9. The van der Waals surface area contributed by atoms with Crippen molar-refractivity contribution >= 4 is 51.9 Å². The van der Waals surface area contributed by atoms with E-state index in [1.54, 1.807) is 24.3 Å². The van der Waals surface area contributed by atoms with Crippen molar-refractivity contribution < 1.29 is 19.4 Å². The number of fused-ring (bicyclic) bond motifs is 1. The predicted octanol–water partition coefficient (Wildman–Crippen LogP) is 4.83. The number of halogens is 1. The highest BCUT2D eigenvalue weighted by atomic mass is 35.5. The molecule has 0 aromatic heterocycles. The van der Waals surface area contributed by atoms with Crippen molar-refractivity contribution in [1.29, 1.82) is 0 Å². The lowest BCUT2D eigenvalue weighted by atomic mass is 10.1. The number of non-ortho nitro benzene ring substituents is 1. The van der Waals surface area contributed by atoms with E-state index in [-0.39, 0.29) is 22.5 Å². The molecule has 1 aliphatic heterocycles. The molecular weight excluding hydrogens is 528 g/mol. The molecule has 4 rings (SSSR count). The summed E-state index contributed by atoms with van der Waals surface area (Å²) in [6, 6.07) is 14.7. The number of nitro benzene ring substituents is 2. The molecule has 0 aliphatic carbocycles. The van der Waals surface area contributed by atoms with E-state index in [2.05, 4.69) is 11.0 Å². The van der Waals surface area contributed by atoms with Gasteiger partial charge in [0.25, 0.3) is 17.5 Å². The molecule has 1 aliphatic rings. The fourth-order valence-electron chi connectivity index (χ4n) is 3.93. The number of hydrogen-bond donors (Lipinski definition) is 2. The van der Waals surface area contributed by atoms with Gasteiger partial charge in [0, 0.05) is 37.6 Å². The quantitative estimate of drug-likeness (QED) is 0.130. The van der Waals surface area contributed by atoms with Gasteiger partial charge >= 0.3 is 5.69 Å². The van der Waals surface area contributed by atoms with E-state index < -0.39 is 21.2 Å². The largest absolute Gasteiger partial charge is 0.399 e. The Morgan fingerprint density at radius 1 is 0.923 bits per heavy atom. The highest BCUT2D eigenvalue weighted by Gasteiger charge is 2.34. The SMILES string of the molecule is Cc1cc(N(C)CCCCN2C(=O)c3ccccc3C2=O)ccc1N.Nc1c(Cl)cc([N+](=O)[O-])cc1[N+](=O)[O-]. The maximum Gasteiger partial charge on any atom is 0.300 e. The van der Waals surface area contributed by atoms with E-state index >= 15 is 0 Å². The Balaban J connectivity index is 0.000000255. The highest BCUT2D eigenvalue weighted by Crippen LogP contribution is 2.33. The molecule has 0 fully saturated rings. The molecule has 0 unspecified atom stereocenters. The number of nitrogens with two attached hydrogens (primary N) is 2. The van der Waals surface area contributed by atoms with Crippen LogP contribution in [0.4, 0.5) is 28.4 Å². The molecular formula is C26H27ClN6O6. The fourth-order valence-corrected chi connectivity index (χ4v) is 4.14. The standard InChI is InChI=1S/C20H23N3O2.C6H4ClN3O4/c1-14-13-15(9-10-18(14)21)22(2)11-5-6-12-23-19(24)16-7-3-4-8-17(16)20(23)25;7-4-1-3(9(11)12)2-5(6(4)8)10(13)14/h3-4,7-10,13H,5-6,11-12,21H2,1-2H3;1-2H,8H2. The second kappa shape index (κ2) is 12.2. The normalized spacial score (nSPS) is 12.0. The topological polar surface area (TPSA) is 179 Å². The van der Waals surface area contributed by atoms with Crippen LogP contribution in [0.2, 0.25) is 5.02 Å². The first kappa shape index (κ1) is 28.9. The van der Waals surface area contributed by atoms with Gasteiger partial charge in [0.15, 0.2) is 0 Å².